The Morgan fingerprint density at radius 3 is 2.63 bits per heavy atom. The number of likely N-dealkylation sites (tertiary alicyclic amines) is 1. The number of piperidine rings is 1. The predicted molar refractivity (Wildman–Crippen MR) is 77.4 cm³/mol. The normalized spacial score (nSPS) is 26.1. The maximum absolute atomic E-state index is 12.6. The number of hydrogen-bond acceptors (Lipinski definition) is 2. The molecule has 0 spiro atoms. The summed E-state index contributed by atoms with van der Waals surface area (Å²) in [5, 5.41) is 3.08. The molecule has 0 bridgehead atoms. The zero-order chi connectivity index (χ0) is 13.2. The van der Waals surface area contributed by atoms with Gasteiger partial charge in [0, 0.05) is 30.9 Å². The monoisotopic (exact) mass is 258 g/mol. The van der Waals surface area contributed by atoms with E-state index in [1.807, 2.05) is 31.3 Å². The van der Waals surface area contributed by atoms with Crippen molar-refractivity contribution in [2.45, 2.75) is 38.1 Å². The van der Waals surface area contributed by atoms with E-state index in [0.29, 0.717) is 6.04 Å². The molecule has 3 rings (SSSR count). The van der Waals surface area contributed by atoms with Crippen LogP contribution in [-0.4, -0.2) is 30.4 Å². The quantitative estimate of drug-likeness (QED) is 0.884. The minimum atomic E-state index is 0.222. The molecule has 1 aromatic carbocycles. The molecule has 1 aromatic rings. The molecular formula is C16H22N2O. The molecule has 1 amide bonds. The highest BCUT2D eigenvalue weighted by Gasteiger charge is 2.37. The highest BCUT2D eigenvalue weighted by molar-refractivity contribution is 5.94. The molecule has 1 aliphatic heterocycles. The van der Waals surface area contributed by atoms with Crippen molar-refractivity contribution in [3.05, 3.63) is 29.8 Å². The van der Waals surface area contributed by atoms with E-state index < -0.39 is 0 Å². The molecule has 1 aliphatic carbocycles. The van der Waals surface area contributed by atoms with E-state index in [-0.39, 0.29) is 5.91 Å². The van der Waals surface area contributed by atoms with Crippen LogP contribution < -0.4 is 5.32 Å². The van der Waals surface area contributed by atoms with Crippen LogP contribution >= 0.6 is 0 Å². The lowest BCUT2D eigenvalue weighted by Gasteiger charge is -2.37. The third-order valence-electron chi connectivity index (χ3n) is 4.67. The van der Waals surface area contributed by atoms with Gasteiger partial charge in [0.25, 0.3) is 5.91 Å². The van der Waals surface area contributed by atoms with E-state index >= 15 is 0 Å². The molecule has 2 unspecified atom stereocenters. The number of anilines is 1. The van der Waals surface area contributed by atoms with Crippen LogP contribution in [0.5, 0.6) is 0 Å². The summed E-state index contributed by atoms with van der Waals surface area (Å²) >= 11 is 0. The third-order valence-corrected chi connectivity index (χ3v) is 4.67. The largest absolute Gasteiger partial charge is 0.388 e. The van der Waals surface area contributed by atoms with E-state index in [9.17, 15) is 4.79 Å². The van der Waals surface area contributed by atoms with Gasteiger partial charge in [-0.3, -0.25) is 4.79 Å². The number of carbonyl (C=O) groups excluding carboxylic acids is 1. The maximum atomic E-state index is 12.6. The minimum Gasteiger partial charge on any atom is -0.388 e. The van der Waals surface area contributed by atoms with Gasteiger partial charge in [0.05, 0.1) is 0 Å². The first-order chi connectivity index (χ1) is 9.29. The van der Waals surface area contributed by atoms with Gasteiger partial charge in [0.1, 0.15) is 0 Å². The van der Waals surface area contributed by atoms with Crippen LogP contribution in [0.15, 0.2) is 24.3 Å². The molecule has 0 aromatic heterocycles. The number of hydrogen-bond donors (Lipinski definition) is 1. The number of fused-ring (bicyclic) bond motifs is 1. The second-order valence-electron chi connectivity index (χ2n) is 5.73. The van der Waals surface area contributed by atoms with Gasteiger partial charge in [-0.1, -0.05) is 6.42 Å². The molecular weight excluding hydrogens is 236 g/mol. The van der Waals surface area contributed by atoms with Crippen LogP contribution in [0, 0.1) is 5.92 Å². The average molecular weight is 258 g/mol. The summed E-state index contributed by atoms with van der Waals surface area (Å²) in [7, 11) is 1.89. The summed E-state index contributed by atoms with van der Waals surface area (Å²) < 4.78 is 0. The molecule has 0 radical (unpaired) electrons. The van der Waals surface area contributed by atoms with E-state index in [1.54, 1.807) is 0 Å². The predicted octanol–water partition coefficient (Wildman–Crippen LogP) is 3.13. The van der Waals surface area contributed by atoms with Crippen molar-refractivity contribution in [2.24, 2.45) is 5.92 Å². The van der Waals surface area contributed by atoms with Gasteiger partial charge >= 0.3 is 0 Å². The van der Waals surface area contributed by atoms with Gasteiger partial charge in [0.2, 0.25) is 0 Å². The SMILES string of the molecule is CNc1ccc(C(=O)N2CCCC3CCCC32)cc1. The fourth-order valence-electron chi connectivity index (χ4n) is 3.65. The van der Waals surface area contributed by atoms with Crippen molar-refractivity contribution in [1.82, 2.24) is 4.90 Å². The van der Waals surface area contributed by atoms with Crippen LogP contribution in [0.1, 0.15) is 42.5 Å². The number of nitrogens with zero attached hydrogens (tertiary/aromatic N) is 1. The molecule has 2 atom stereocenters. The fourth-order valence-corrected chi connectivity index (χ4v) is 3.65. The van der Waals surface area contributed by atoms with Crippen LogP contribution in [0.2, 0.25) is 0 Å². The average Bonchev–Trinajstić information content (AvgIpc) is 2.95. The molecule has 3 heteroatoms. The number of benzene rings is 1. The Bertz CT molecular complexity index is 454. The molecule has 102 valence electrons. The maximum Gasteiger partial charge on any atom is 0.254 e. The Labute approximate surface area is 115 Å². The zero-order valence-electron chi connectivity index (χ0n) is 11.6. The molecule has 2 fully saturated rings. The van der Waals surface area contributed by atoms with Crippen LogP contribution in [0.25, 0.3) is 0 Å². The van der Waals surface area contributed by atoms with Gasteiger partial charge < -0.3 is 10.2 Å². The van der Waals surface area contributed by atoms with Crippen molar-refractivity contribution >= 4 is 11.6 Å². The zero-order valence-corrected chi connectivity index (χ0v) is 11.6. The van der Waals surface area contributed by atoms with Crippen molar-refractivity contribution in [3.63, 3.8) is 0 Å². The molecule has 1 saturated heterocycles. The molecule has 1 heterocycles. The lowest BCUT2D eigenvalue weighted by Crippen LogP contribution is -2.46. The van der Waals surface area contributed by atoms with E-state index in [0.717, 1.165) is 23.7 Å². The standard InChI is InChI=1S/C16H22N2O/c1-17-14-9-7-13(8-10-14)16(19)18-11-3-5-12-4-2-6-15(12)18/h7-10,12,15,17H,2-6,11H2,1H3. The summed E-state index contributed by atoms with van der Waals surface area (Å²) in [4.78, 5) is 14.8. The van der Waals surface area contributed by atoms with Crippen molar-refractivity contribution in [2.75, 3.05) is 18.9 Å². The van der Waals surface area contributed by atoms with Crippen LogP contribution in [0.4, 0.5) is 5.69 Å². The Hall–Kier alpha value is -1.51. The molecule has 1 N–H and O–H groups in total. The number of nitrogens with one attached hydrogen (secondary N) is 1. The first-order valence-corrected chi connectivity index (χ1v) is 7.38. The second kappa shape index (κ2) is 5.24. The van der Waals surface area contributed by atoms with Crippen molar-refractivity contribution < 1.29 is 4.79 Å². The van der Waals surface area contributed by atoms with Gasteiger partial charge in [-0.05, 0) is 55.9 Å². The molecule has 1 saturated carbocycles. The smallest absolute Gasteiger partial charge is 0.254 e. The highest BCUT2D eigenvalue weighted by atomic mass is 16.2. The topological polar surface area (TPSA) is 32.3 Å². The van der Waals surface area contributed by atoms with E-state index in [1.165, 1.54) is 32.1 Å². The first kappa shape index (κ1) is 12.5. The Kier molecular flexibility index (Phi) is 3.45. The molecule has 19 heavy (non-hydrogen) atoms. The van der Waals surface area contributed by atoms with Gasteiger partial charge in [-0.15, -0.1) is 0 Å². The molecule has 2 aliphatic rings. The van der Waals surface area contributed by atoms with Crippen LogP contribution in [-0.2, 0) is 0 Å². The van der Waals surface area contributed by atoms with E-state index in [4.69, 9.17) is 0 Å². The van der Waals surface area contributed by atoms with Gasteiger partial charge in [0.15, 0.2) is 0 Å². The lowest BCUT2D eigenvalue weighted by atomic mass is 9.91. The summed E-state index contributed by atoms with van der Waals surface area (Å²) in [6.07, 6.45) is 6.28. The fraction of sp³-hybridized carbons (Fsp3) is 0.562. The first-order valence-electron chi connectivity index (χ1n) is 7.38. The van der Waals surface area contributed by atoms with Crippen molar-refractivity contribution in [1.29, 1.82) is 0 Å². The summed E-state index contributed by atoms with van der Waals surface area (Å²) in [6.45, 7) is 0.938. The Morgan fingerprint density at radius 1 is 1.16 bits per heavy atom. The Balaban J connectivity index is 1.78. The van der Waals surface area contributed by atoms with Gasteiger partial charge in [-0.2, -0.15) is 0 Å². The highest BCUT2D eigenvalue weighted by Crippen LogP contribution is 2.37. The number of carbonyl (C=O) groups is 1. The van der Waals surface area contributed by atoms with Crippen LogP contribution in [0.3, 0.4) is 0 Å². The summed E-state index contributed by atoms with van der Waals surface area (Å²) in [5.74, 6) is 0.980. The van der Waals surface area contributed by atoms with Gasteiger partial charge in [-0.25, -0.2) is 0 Å². The number of amides is 1. The lowest BCUT2D eigenvalue weighted by molar-refractivity contribution is 0.0548. The summed E-state index contributed by atoms with van der Waals surface area (Å²) in [5.41, 5.74) is 1.88. The van der Waals surface area contributed by atoms with Crippen molar-refractivity contribution in [3.8, 4) is 0 Å². The minimum absolute atomic E-state index is 0.222. The van der Waals surface area contributed by atoms with E-state index in [2.05, 4.69) is 10.2 Å². The second-order valence-corrected chi connectivity index (χ2v) is 5.73. The summed E-state index contributed by atoms with van der Waals surface area (Å²) in [6, 6.07) is 8.33. The number of rotatable bonds is 2. The Morgan fingerprint density at radius 2 is 1.89 bits per heavy atom. The third kappa shape index (κ3) is 2.34. The molecule has 3 nitrogen and oxygen atoms in total.